The lowest BCUT2D eigenvalue weighted by Gasteiger charge is -2.12. The summed E-state index contributed by atoms with van der Waals surface area (Å²) in [5, 5.41) is 2.88. The molecular weight excluding hydrogens is 312 g/mol. The Hall–Kier alpha value is -2.34. The molecule has 0 radical (unpaired) electrons. The molecule has 2 rings (SSSR count). The first-order chi connectivity index (χ1) is 10.8. The van der Waals surface area contributed by atoms with Gasteiger partial charge in [-0.2, -0.15) is 0 Å². The Morgan fingerprint density at radius 2 is 1.65 bits per heavy atom. The van der Waals surface area contributed by atoms with Crippen LogP contribution in [0, 0.1) is 13.8 Å². The van der Waals surface area contributed by atoms with Gasteiger partial charge in [0.25, 0.3) is 5.91 Å². The van der Waals surface area contributed by atoms with E-state index in [0.29, 0.717) is 11.3 Å². The zero-order valence-electron chi connectivity index (χ0n) is 13.4. The summed E-state index contributed by atoms with van der Waals surface area (Å²) in [4.78, 5) is 12.4. The maximum Gasteiger partial charge on any atom is 0.255 e. The van der Waals surface area contributed by atoms with Crippen LogP contribution in [0.5, 0.6) is 0 Å². The second-order valence-electron chi connectivity index (χ2n) is 5.31. The topological polar surface area (TPSA) is 75.3 Å². The smallest absolute Gasteiger partial charge is 0.255 e. The Morgan fingerprint density at radius 3 is 2.26 bits per heavy atom. The van der Waals surface area contributed by atoms with Gasteiger partial charge in [0, 0.05) is 16.9 Å². The molecule has 0 spiro atoms. The predicted octanol–water partition coefficient (Wildman–Crippen LogP) is 3.32. The molecule has 2 aromatic carbocycles. The molecule has 0 aliphatic carbocycles. The van der Waals surface area contributed by atoms with E-state index in [1.165, 1.54) is 6.07 Å². The van der Waals surface area contributed by atoms with E-state index < -0.39 is 10.0 Å². The van der Waals surface area contributed by atoms with Crippen LogP contribution in [-0.2, 0) is 10.0 Å². The maximum absolute atomic E-state index is 12.4. The van der Waals surface area contributed by atoms with Crippen LogP contribution in [-0.4, -0.2) is 20.1 Å². The Labute approximate surface area is 136 Å². The number of nitrogens with one attached hydrogen (secondary N) is 2. The van der Waals surface area contributed by atoms with Crippen LogP contribution >= 0.6 is 0 Å². The summed E-state index contributed by atoms with van der Waals surface area (Å²) in [7, 11) is -3.37. The minimum atomic E-state index is -3.37. The molecule has 122 valence electrons. The molecule has 0 aliphatic rings. The summed E-state index contributed by atoms with van der Waals surface area (Å²) in [5.41, 5.74) is 3.49. The van der Waals surface area contributed by atoms with Crippen LogP contribution in [0.25, 0.3) is 0 Å². The highest BCUT2D eigenvalue weighted by Crippen LogP contribution is 2.21. The molecule has 0 heterocycles. The lowest BCUT2D eigenvalue weighted by molar-refractivity contribution is 0.102. The third-order valence-corrected chi connectivity index (χ3v) is 4.80. The van der Waals surface area contributed by atoms with Crippen molar-refractivity contribution in [3.8, 4) is 0 Å². The van der Waals surface area contributed by atoms with Crippen molar-refractivity contribution in [2.45, 2.75) is 20.8 Å². The fourth-order valence-electron chi connectivity index (χ4n) is 2.17. The average Bonchev–Trinajstić information content (AvgIpc) is 2.51. The van der Waals surface area contributed by atoms with Crippen LogP contribution in [0.3, 0.4) is 0 Å². The van der Waals surface area contributed by atoms with Gasteiger partial charge in [-0.1, -0.05) is 24.3 Å². The molecule has 6 heteroatoms. The molecule has 0 atom stereocenters. The largest absolute Gasteiger partial charge is 0.322 e. The summed E-state index contributed by atoms with van der Waals surface area (Å²) in [6.45, 7) is 5.41. The van der Waals surface area contributed by atoms with Gasteiger partial charge in [-0.3, -0.25) is 9.52 Å². The van der Waals surface area contributed by atoms with Gasteiger partial charge in [0.15, 0.2) is 0 Å². The zero-order valence-corrected chi connectivity index (χ0v) is 14.2. The van der Waals surface area contributed by atoms with Gasteiger partial charge in [0.1, 0.15) is 0 Å². The van der Waals surface area contributed by atoms with Gasteiger partial charge < -0.3 is 5.32 Å². The van der Waals surface area contributed by atoms with Crippen LogP contribution in [0.4, 0.5) is 11.4 Å². The molecule has 5 nitrogen and oxygen atoms in total. The molecule has 0 unspecified atom stereocenters. The Balaban J connectivity index is 2.24. The Kier molecular flexibility index (Phi) is 5.05. The number of amides is 1. The number of hydrogen-bond donors (Lipinski definition) is 2. The molecule has 23 heavy (non-hydrogen) atoms. The monoisotopic (exact) mass is 332 g/mol. The first-order valence-corrected chi connectivity index (χ1v) is 8.96. The highest BCUT2D eigenvalue weighted by molar-refractivity contribution is 7.92. The summed E-state index contributed by atoms with van der Waals surface area (Å²) in [6.07, 6.45) is 0. The molecule has 1 amide bonds. The van der Waals surface area contributed by atoms with Crippen molar-refractivity contribution in [2.75, 3.05) is 15.8 Å². The van der Waals surface area contributed by atoms with Gasteiger partial charge in [-0.05, 0) is 50.1 Å². The van der Waals surface area contributed by atoms with Crippen LogP contribution in [0.1, 0.15) is 28.4 Å². The van der Waals surface area contributed by atoms with Crippen molar-refractivity contribution < 1.29 is 13.2 Å². The van der Waals surface area contributed by atoms with E-state index in [1.54, 1.807) is 25.1 Å². The quantitative estimate of drug-likeness (QED) is 0.882. The van der Waals surface area contributed by atoms with E-state index >= 15 is 0 Å². The van der Waals surface area contributed by atoms with Crippen molar-refractivity contribution >= 4 is 27.3 Å². The van der Waals surface area contributed by atoms with E-state index in [4.69, 9.17) is 0 Å². The molecule has 0 aliphatic heterocycles. The number of carbonyl (C=O) groups excluding carboxylic acids is 1. The summed E-state index contributed by atoms with van der Waals surface area (Å²) < 4.78 is 25.7. The van der Waals surface area contributed by atoms with Crippen molar-refractivity contribution in [3.05, 3.63) is 59.2 Å². The molecule has 0 bridgehead atoms. The zero-order chi connectivity index (χ0) is 17.0. The third kappa shape index (κ3) is 4.32. The van der Waals surface area contributed by atoms with E-state index in [0.717, 1.165) is 16.8 Å². The van der Waals surface area contributed by atoms with Gasteiger partial charge in [-0.25, -0.2) is 8.42 Å². The van der Waals surface area contributed by atoms with Crippen LogP contribution < -0.4 is 10.0 Å². The second kappa shape index (κ2) is 6.83. The normalized spacial score (nSPS) is 11.1. The molecule has 0 aromatic heterocycles. The molecule has 2 aromatic rings. The summed E-state index contributed by atoms with van der Waals surface area (Å²) in [6, 6.07) is 12.2. The van der Waals surface area contributed by atoms with Crippen molar-refractivity contribution in [3.63, 3.8) is 0 Å². The van der Waals surface area contributed by atoms with Gasteiger partial charge >= 0.3 is 0 Å². The van der Waals surface area contributed by atoms with Crippen LogP contribution in [0.2, 0.25) is 0 Å². The SMILES string of the molecule is CCS(=O)(=O)Nc1cccc(C(=O)Nc2c(C)cccc2C)c1. The number of sulfonamides is 1. The molecule has 0 saturated heterocycles. The first-order valence-electron chi connectivity index (χ1n) is 7.30. The number of carbonyl (C=O) groups is 1. The minimum absolute atomic E-state index is 0.0220. The van der Waals surface area contributed by atoms with E-state index in [-0.39, 0.29) is 11.7 Å². The number of para-hydroxylation sites is 1. The number of aryl methyl sites for hydroxylation is 2. The lowest BCUT2D eigenvalue weighted by atomic mass is 10.1. The molecule has 2 N–H and O–H groups in total. The van der Waals surface area contributed by atoms with E-state index in [1.807, 2.05) is 32.0 Å². The van der Waals surface area contributed by atoms with Crippen molar-refractivity contribution in [1.82, 2.24) is 0 Å². The number of rotatable bonds is 5. The lowest BCUT2D eigenvalue weighted by Crippen LogP contribution is -2.16. The maximum atomic E-state index is 12.4. The fourth-order valence-corrected chi connectivity index (χ4v) is 2.80. The third-order valence-electron chi connectivity index (χ3n) is 3.50. The van der Waals surface area contributed by atoms with Crippen molar-refractivity contribution in [1.29, 1.82) is 0 Å². The van der Waals surface area contributed by atoms with Crippen molar-refractivity contribution in [2.24, 2.45) is 0 Å². The van der Waals surface area contributed by atoms with E-state index in [2.05, 4.69) is 10.0 Å². The first kappa shape index (κ1) is 17.0. The predicted molar refractivity (Wildman–Crippen MR) is 93.4 cm³/mol. The Bertz CT molecular complexity index is 809. The molecule has 0 saturated carbocycles. The highest BCUT2D eigenvalue weighted by atomic mass is 32.2. The average molecular weight is 332 g/mol. The fraction of sp³-hybridized carbons (Fsp3) is 0.235. The number of anilines is 2. The molecule has 0 fully saturated rings. The highest BCUT2D eigenvalue weighted by Gasteiger charge is 2.12. The van der Waals surface area contributed by atoms with Crippen LogP contribution in [0.15, 0.2) is 42.5 Å². The second-order valence-corrected chi connectivity index (χ2v) is 7.32. The van der Waals surface area contributed by atoms with Gasteiger partial charge in [0.2, 0.25) is 10.0 Å². The Morgan fingerprint density at radius 1 is 1.04 bits per heavy atom. The van der Waals surface area contributed by atoms with E-state index in [9.17, 15) is 13.2 Å². The minimum Gasteiger partial charge on any atom is -0.322 e. The summed E-state index contributed by atoms with van der Waals surface area (Å²) in [5.74, 6) is -0.300. The number of hydrogen-bond acceptors (Lipinski definition) is 3. The van der Waals surface area contributed by atoms with Gasteiger partial charge in [0.05, 0.1) is 5.75 Å². The summed E-state index contributed by atoms with van der Waals surface area (Å²) >= 11 is 0. The molecular formula is C17H20N2O3S. The van der Waals surface area contributed by atoms with Gasteiger partial charge in [-0.15, -0.1) is 0 Å². The number of benzene rings is 2. The standard InChI is InChI=1S/C17H20N2O3S/c1-4-23(21,22)19-15-10-6-9-14(11-15)17(20)18-16-12(2)7-5-8-13(16)3/h5-11,19H,4H2,1-3H3,(H,18,20).